The first-order valence-corrected chi connectivity index (χ1v) is 12.0. The number of nitrogens with one attached hydrogen (secondary N) is 2. The summed E-state index contributed by atoms with van der Waals surface area (Å²) < 4.78 is 26.6. The largest absolute Gasteiger partial charge is 0.317 e. The van der Waals surface area contributed by atoms with Crippen LogP contribution in [0.4, 0.5) is 0 Å². The maximum Gasteiger partial charge on any atom is 0.208 e. The van der Waals surface area contributed by atoms with Gasteiger partial charge in [-0.3, -0.25) is 4.98 Å². The van der Waals surface area contributed by atoms with Crippen molar-refractivity contribution in [2.24, 2.45) is 0 Å². The number of aromatic nitrogens is 1. The van der Waals surface area contributed by atoms with Crippen LogP contribution >= 0.6 is 0 Å². The molecule has 0 aliphatic carbocycles. The van der Waals surface area contributed by atoms with Gasteiger partial charge in [-0.05, 0) is 67.6 Å². The molecule has 1 fully saturated rings. The van der Waals surface area contributed by atoms with E-state index < -0.39 is 9.84 Å². The zero-order chi connectivity index (χ0) is 21.1. The van der Waals surface area contributed by atoms with Crippen LogP contribution in [0.1, 0.15) is 49.7 Å². The molecule has 0 amide bonds. The first kappa shape index (κ1) is 20.7. The van der Waals surface area contributed by atoms with E-state index >= 15 is 0 Å². The van der Waals surface area contributed by atoms with Gasteiger partial charge < -0.3 is 10.7 Å². The Kier molecular flexibility index (Phi) is 5.97. The van der Waals surface area contributed by atoms with E-state index in [1.807, 2.05) is 19.1 Å². The van der Waals surface area contributed by atoms with Gasteiger partial charge in [-0.15, -0.1) is 0 Å². The summed E-state index contributed by atoms with van der Waals surface area (Å²) in [5, 5.41) is 12.4. The smallest absolute Gasteiger partial charge is 0.208 e. The molecule has 2 N–H and O–H groups in total. The number of piperidine rings is 1. The SMILES string of the molecule is CCCC(=N)c1cccc(S(=O)(=O)c2cnc3c(C4CCNCC4)cccc3c2)c1. The van der Waals surface area contributed by atoms with E-state index in [0.29, 0.717) is 23.6 Å². The number of hydrogen-bond acceptors (Lipinski definition) is 5. The van der Waals surface area contributed by atoms with Gasteiger partial charge in [0, 0.05) is 17.3 Å². The van der Waals surface area contributed by atoms with Crippen molar-refractivity contribution in [1.82, 2.24) is 10.3 Å². The van der Waals surface area contributed by atoms with Crippen molar-refractivity contribution in [2.75, 3.05) is 13.1 Å². The number of nitrogens with zero attached hydrogens (tertiary/aromatic N) is 1. The van der Waals surface area contributed by atoms with Gasteiger partial charge in [0.25, 0.3) is 0 Å². The lowest BCUT2D eigenvalue weighted by Crippen LogP contribution is -2.26. The summed E-state index contributed by atoms with van der Waals surface area (Å²) >= 11 is 0. The lowest BCUT2D eigenvalue weighted by Gasteiger charge is -2.23. The molecule has 4 rings (SSSR count). The Morgan fingerprint density at radius 1 is 1.10 bits per heavy atom. The van der Waals surface area contributed by atoms with Crippen molar-refractivity contribution < 1.29 is 8.42 Å². The number of pyridine rings is 1. The Hall–Kier alpha value is -2.57. The van der Waals surface area contributed by atoms with Crippen molar-refractivity contribution in [2.45, 2.75) is 48.3 Å². The van der Waals surface area contributed by atoms with Crippen molar-refractivity contribution in [1.29, 1.82) is 5.41 Å². The molecule has 6 heteroatoms. The average molecular weight is 422 g/mol. The minimum Gasteiger partial charge on any atom is -0.317 e. The van der Waals surface area contributed by atoms with Crippen LogP contribution in [0.3, 0.4) is 0 Å². The predicted octanol–water partition coefficient (Wildman–Crippen LogP) is 4.70. The Morgan fingerprint density at radius 2 is 1.87 bits per heavy atom. The molecule has 3 aromatic rings. The highest BCUT2D eigenvalue weighted by atomic mass is 32.2. The molecule has 30 heavy (non-hydrogen) atoms. The van der Waals surface area contributed by atoms with Crippen LogP contribution in [-0.2, 0) is 9.84 Å². The van der Waals surface area contributed by atoms with Gasteiger partial charge in [0.2, 0.25) is 9.84 Å². The maximum absolute atomic E-state index is 13.3. The topological polar surface area (TPSA) is 82.9 Å². The van der Waals surface area contributed by atoms with Crippen LogP contribution in [0.15, 0.2) is 64.5 Å². The van der Waals surface area contributed by atoms with Crippen LogP contribution in [-0.4, -0.2) is 32.2 Å². The van der Waals surface area contributed by atoms with Crippen molar-refractivity contribution in [3.05, 3.63) is 65.9 Å². The predicted molar refractivity (Wildman–Crippen MR) is 120 cm³/mol. The molecule has 1 aliphatic heterocycles. The molecule has 0 unspecified atom stereocenters. The Balaban J connectivity index is 1.72. The third kappa shape index (κ3) is 4.02. The average Bonchev–Trinajstić information content (AvgIpc) is 2.79. The summed E-state index contributed by atoms with van der Waals surface area (Å²) in [4.78, 5) is 4.99. The lowest BCUT2D eigenvalue weighted by molar-refractivity contribution is 0.462. The van der Waals surface area contributed by atoms with Gasteiger partial charge in [0.15, 0.2) is 0 Å². The number of hydrogen-bond donors (Lipinski definition) is 2. The third-order valence-electron chi connectivity index (χ3n) is 5.80. The molecule has 1 aromatic heterocycles. The van der Waals surface area contributed by atoms with Gasteiger partial charge >= 0.3 is 0 Å². The Morgan fingerprint density at radius 3 is 2.63 bits per heavy atom. The first-order valence-electron chi connectivity index (χ1n) is 10.5. The van der Waals surface area contributed by atoms with Crippen LogP contribution < -0.4 is 5.32 Å². The summed E-state index contributed by atoms with van der Waals surface area (Å²) in [5.74, 6) is 0.450. The van der Waals surface area contributed by atoms with Crippen LogP contribution in [0.25, 0.3) is 10.9 Å². The quantitative estimate of drug-likeness (QED) is 0.565. The van der Waals surface area contributed by atoms with Crippen LogP contribution in [0.5, 0.6) is 0 Å². The normalized spacial score (nSPS) is 15.4. The molecular weight excluding hydrogens is 394 g/mol. The van der Waals surface area contributed by atoms with Gasteiger partial charge in [0.05, 0.1) is 15.3 Å². The van der Waals surface area contributed by atoms with E-state index in [0.717, 1.165) is 43.3 Å². The van der Waals surface area contributed by atoms with Crippen LogP contribution in [0, 0.1) is 5.41 Å². The number of rotatable bonds is 6. The van der Waals surface area contributed by atoms with Gasteiger partial charge in [-0.25, -0.2) is 8.42 Å². The maximum atomic E-state index is 13.3. The molecular formula is C24H27N3O2S. The zero-order valence-corrected chi connectivity index (χ0v) is 18.0. The fourth-order valence-electron chi connectivity index (χ4n) is 4.15. The van der Waals surface area contributed by atoms with Gasteiger partial charge in [-0.2, -0.15) is 0 Å². The van der Waals surface area contributed by atoms with E-state index in [1.165, 1.54) is 11.8 Å². The minimum atomic E-state index is -3.71. The Labute approximate surface area is 178 Å². The molecule has 0 atom stereocenters. The fourth-order valence-corrected chi connectivity index (χ4v) is 5.44. The molecule has 0 radical (unpaired) electrons. The second-order valence-corrected chi connectivity index (χ2v) is 9.82. The van der Waals surface area contributed by atoms with E-state index in [2.05, 4.69) is 16.4 Å². The molecule has 0 bridgehead atoms. The van der Waals surface area contributed by atoms with Crippen molar-refractivity contribution in [3.63, 3.8) is 0 Å². The summed E-state index contributed by atoms with van der Waals surface area (Å²) in [6, 6.07) is 14.5. The fraction of sp³-hybridized carbons (Fsp3) is 0.333. The van der Waals surface area contributed by atoms with E-state index in [4.69, 9.17) is 5.41 Å². The molecule has 5 nitrogen and oxygen atoms in total. The Bertz CT molecular complexity index is 1180. The standard InChI is InChI=1S/C24H27N3O2S/c1-2-5-23(25)18-6-3-8-20(14-18)30(28,29)21-15-19-7-4-9-22(24(19)27-16-21)17-10-12-26-13-11-17/h3-4,6-9,14-17,25-26H,2,5,10-13H2,1H3. The molecule has 156 valence electrons. The van der Waals surface area contributed by atoms with Crippen LogP contribution in [0.2, 0.25) is 0 Å². The number of fused-ring (bicyclic) bond motifs is 1. The summed E-state index contributed by atoms with van der Waals surface area (Å²) in [6.07, 6.45) is 5.09. The minimum absolute atomic E-state index is 0.191. The molecule has 1 aliphatic rings. The summed E-state index contributed by atoms with van der Waals surface area (Å²) in [5.41, 5.74) is 3.20. The molecule has 2 aromatic carbocycles. The molecule has 0 spiro atoms. The van der Waals surface area contributed by atoms with Crippen molar-refractivity contribution >= 4 is 26.5 Å². The monoisotopic (exact) mass is 421 g/mol. The lowest BCUT2D eigenvalue weighted by atomic mass is 9.89. The van der Waals surface area contributed by atoms with E-state index in [1.54, 1.807) is 30.3 Å². The highest BCUT2D eigenvalue weighted by molar-refractivity contribution is 7.91. The molecule has 2 heterocycles. The highest BCUT2D eigenvalue weighted by Gasteiger charge is 2.22. The van der Waals surface area contributed by atoms with Crippen molar-refractivity contribution in [3.8, 4) is 0 Å². The first-order chi connectivity index (χ1) is 14.5. The third-order valence-corrected chi connectivity index (χ3v) is 7.52. The second-order valence-electron chi connectivity index (χ2n) is 7.87. The molecule has 0 saturated carbocycles. The van der Waals surface area contributed by atoms with E-state index in [9.17, 15) is 8.42 Å². The van der Waals surface area contributed by atoms with Gasteiger partial charge in [0.1, 0.15) is 0 Å². The summed E-state index contributed by atoms with van der Waals surface area (Å²) in [7, 11) is -3.71. The number of sulfone groups is 1. The molecule has 1 saturated heterocycles. The second kappa shape index (κ2) is 8.66. The summed E-state index contributed by atoms with van der Waals surface area (Å²) in [6.45, 7) is 4.00. The number of benzene rings is 2. The van der Waals surface area contributed by atoms with Gasteiger partial charge in [-0.1, -0.05) is 43.7 Å². The van der Waals surface area contributed by atoms with E-state index in [-0.39, 0.29) is 9.79 Å². The highest BCUT2D eigenvalue weighted by Crippen LogP contribution is 2.32. The zero-order valence-electron chi connectivity index (χ0n) is 17.2. The number of para-hydroxylation sites is 1.